The molecule has 7 nitrogen and oxygen atoms in total. The molecular formula is C18H15N3O4S. The van der Waals surface area contributed by atoms with E-state index in [2.05, 4.69) is 10.6 Å². The van der Waals surface area contributed by atoms with E-state index in [1.165, 1.54) is 0 Å². The van der Waals surface area contributed by atoms with Crippen molar-refractivity contribution in [3.05, 3.63) is 57.4 Å². The van der Waals surface area contributed by atoms with Crippen molar-refractivity contribution >= 4 is 23.3 Å². The van der Waals surface area contributed by atoms with Crippen LogP contribution in [0.15, 0.2) is 47.0 Å². The number of nitrogens with one attached hydrogen (secondary N) is 2. The number of hydrogen-bond donors (Lipinski definition) is 2. The minimum absolute atomic E-state index is 0.0661. The molecule has 3 aliphatic heterocycles. The maximum atomic E-state index is 13.0. The van der Waals surface area contributed by atoms with Gasteiger partial charge in [0.05, 0.1) is 30.4 Å². The van der Waals surface area contributed by atoms with Gasteiger partial charge in [-0.2, -0.15) is 0 Å². The van der Waals surface area contributed by atoms with Crippen molar-refractivity contribution in [1.29, 1.82) is 0 Å². The number of ether oxygens (including phenoxy) is 2. The fourth-order valence-electron chi connectivity index (χ4n) is 3.49. The Bertz CT molecular complexity index is 938. The predicted molar refractivity (Wildman–Crippen MR) is 93.7 cm³/mol. The topological polar surface area (TPSA) is 79.9 Å². The Morgan fingerprint density at radius 2 is 2.08 bits per heavy atom. The standard InChI is InChI=1S/C18H15N3O4S/c22-17-15-12(8-21(17)7-11-2-1-5-26-11)19-18(23)20-16(15)10-3-4-13-14(6-10)25-9-24-13/h1-6,16H,7-9H2,(H2,19,20,23). The van der Waals surface area contributed by atoms with E-state index < -0.39 is 6.04 Å². The Hall–Kier alpha value is -3.00. The van der Waals surface area contributed by atoms with Gasteiger partial charge in [-0.15, -0.1) is 11.3 Å². The molecule has 5 rings (SSSR count). The second-order valence-electron chi connectivity index (χ2n) is 6.28. The summed E-state index contributed by atoms with van der Waals surface area (Å²) in [6.07, 6.45) is 0. The molecule has 4 heterocycles. The Balaban J connectivity index is 1.47. The highest BCUT2D eigenvalue weighted by molar-refractivity contribution is 7.09. The first-order valence-electron chi connectivity index (χ1n) is 8.21. The number of carbonyl (C=O) groups excluding carboxylic acids is 2. The summed E-state index contributed by atoms with van der Waals surface area (Å²) in [6, 6.07) is 8.62. The summed E-state index contributed by atoms with van der Waals surface area (Å²) in [4.78, 5) is 28.0. The number of nitrogens with zero attached hydrogens (tertiary/aromatic N) is 1. The molecule has 2 aromatic rings. The van der Waals surface area contributed by atoms with Crippen LogP contribution in [-0.2, 0) is 11.3 Å². The fraction of sp³-hybridized carbons (Fsp3) is 0.222. The number of amides is 3. The molecule has 0 fully saturated rings. The highest BCUT2D eigenvalue weighted by Gasteiger charge is 2.40. The van der Waals surface area contributed by atoms with Gasteiger partial charge in [0.15, 0.2) is 11.5 Å². The smallest absolute Gasteiger partial charge is 0.319 e. The fourth-order valence-corrected chi connectivity index (χ4v) is 4.21. The zero-order valence-electron chi connectivity index (χ0n) is 13.7. The van der Waals surface area contributed by atoms with Crippen LogP contribution in [0.1, 0.15) is 16.5 Å². The summed E-state index contributed by atoms with van der Waals surface area (Å²) in [5.41, 5.74) is 2.04. The number of thiophene rings is 1. The largest absolute Gasteiger partial charge is 0.454 e. The molecule has 8 heteroatoms. The molecule has 0 spiro atoms. The first kappa shape index (κ1) is 15.3. The normalized spacial score (nSPS) is 20.9. The molecule has 1 aromatic carbocycles. The average molecular weight is 369 g/mol. The van der Waals surface area contributed by atoms with Gasteiger partial charge in [0.2, 0.25) is 6.79 Å². The SMILES string of the molecule is O=C1NC2=C(C(=O)N(Cc3cccs3)C2)C(c2ccc3c(c2)OCO3)N1. The van der Waals surface area contributed by atoms with Crippen LogP contribution in [0.4, 0.5) is 4.79 Å². The summed E-state index contributed by atoms with van der Waals surface area (Å²) in [5.74, 6) is 1.22. The average Bonchev–Trinajstić information content (AvgIpc) is 3.35. The predicted octanol–water partition coefficient (Wildman–Crippen LogP) is 2.13. The molecule has 3 aliphatic rings. The van der Waals surface area contributed by atoms with Crippen molar-refractivity contribution in [3.8, 4) is 11.5 Å². The number of carbonyl (C=O) groups is 2. The molecular weight excluding hydrogens is 354 g/mol. The second-order valence-corrected chi connectivity index (χ2v) is 7.31. The Labute approximate surface area is 153 Å². The van der Waals surface area contributed by atoms with Gasteiger partial charge in [0.25, 0.3) is 5.91 Å². The Morgan fingerprint density at radius 3 is 2.92 bits per heavy atom. The van der Waals surface area contributed by atoms with Crippen molar-refractivity contribution < 1.29 is 19.1 Å². The van der Waals surface area contributed by atoms with Crippen molar-refractivity contribution in [2.24, 2.45) is 0 Å². The lowest BCUT2D eigenvalue weighted by molar-refractivity contribution is -0.126. The second kappa shape index (κ2) is 5.77. The third kappa shape index (κ3) is 2.41. The Morgan fingerprint density at radius 1 is 1.19 bits per heavy atom. The molecule has 1 unspecified atom stereocenters. The summed E-state index contributed by atoms with van der Waals surface area (Å²) in [7, 11) is 0. The van der Waals surface area contributed by atoms with Crippen LogP contribution >= 0.6 is 11.3 Å². The molecule has 132 valence electrons. The molecule has 0 saturated carbocycles. The molecule has 0 bridgehead atoms. The van der Waals surface area contributed by atoms with Crippen LogP contribution in [0.3, 0.4) is 0 Å². The van der Waals surface area contributed by atoms with Gasteiger partial charge in [-0.1, -0.05) is 12.1 Å². The van der Waals surface area contributed by atoms with Crippen molar-refractivity contribution in [3.63, 3.8) is 0 Å². The van der Waals surface area contributed by atoms with Gasteiger partial charge in [0.1, 0.15) is 0 Å². The lowest BCUT2D eigenvalue weighted by Gasteiger charge is -2.25. The van der Waals surface area contributed by atoms with Crippen molar-refractivity contribution in [2.75, 3.05) is 13.3 Å². The van der Waals surface area contributed by atoms with Crippen LogP contribution in [0.2, 0.25) is 0 Å². The molecule has 0 aliphatic carbocycles. The van der Waals surface area contributed by atoms with E-state index in [0.29, 0.717) is 35.9 Å². The van der Waals surface area contributed by atoms with Gasteiger partial charge in [-0.25, -0.2) is 4.79 Å². The lowest BCUT2D eigenvalue weighted by Crippen LogP contribution is -2.44. The molecule has 1 aromatic heterocycles. The Kier molecular flexibility index (Phi) is 3.39. The number of fused-ring (bicyclic) bond motifs is 1. The highest BCUT2D eigenvalue weighted by Crippen LogP contribution is 2.38. The maximum Gasteiger partial charge on any atom is 0.319 e. The molecule has 0 saturated heterocycles. The van der Waals surface area contributed by atoms with Gasteiger partial charge in [0, 0.05) is 4.88 Å². The van der Waals surface area contributed by atoms with Gasteiger partial charge >= 0.3 is 6.03 Å². The third-order valence-electron chi connectivity index (χ3n) is 4.68. The van der Waals surface area contributed by atoms with Gasteiger partial charge in [-0.3, -0.25) is 4.79 Å². The quantitative estimate of drug-likeness (QED) is 0.869. The monoisotopic (exact) mass is 369 g/mol. The van der Waals surface area contributed by atoms with Crippen LogP contribution < -0.4 is 20.1 Å². The van der Waals surface area contributed by atoms with Crippen molar-refractivity contribution in [2.45, 2.75) is 12.6 Å². The lowest BCUT2D eigenvalue weighted by atomic mass is 9.96. The van der Waals surface area contributed by atoms with E-state index in [0.717, 1.165) is 10.4 Å². The number of rotatable bonds is 3. The van der Waals surface area contributed by atoms with Gasteiger partial charge < -0.3 is 25.0 Å². The van der Waals surface area contributed by atoms with Crippen LogP contribution in [-0.4, -0.2) is 30.2 Å². The van der Waals surface area contributed by atoms with E-state index in [9.17, 15) is 9.59 Å². The number of urea groups is 1. The van der Waals surface area contributed by atoms with Crippen LogP contribution in [0.5, 0.6) is 11.5 Å². The van der Waals surface area contributed by atoms with E-state index in [-0.39, 0.29) is 18.7 Å². The molecule has 3 amide bonds. The highest BCUT2D eigenvalue weighted by atomic mass is 32.1. The minimum Gasteiger partial charge on any atom is -0.454 e. The van der Waals surface area contributed by atoms with E-state index in [1.807, 2.05) is 29.6 Å². The van der Waals surface area contributed by atoms with E-state index in [1.54, 1.807) is 22.3 Å². The molecule has 0 radical (unpaired) electrons. The maximum absolute atomic E-state index is 13.0. The summed E-state index contributed by atoms with van der Waals surface area (Å²) < 4.78 is 10.8. The van der Waals surface area contributed by atoms with Crippen LogP contribution in [0.25, 0.3) is 0 Å². The first-order valence-corrected chi connectivity index (χ1v) is 9.09. The van der Waals surface area contributed by atoms with E-state index >= 15 is 0 Å². The number of hydrogen-bond acceptors (Lipinski definition) is 5. The van der Waals surface area contributed by atoms with Gasteiger partial charge in [-0.05, 0) is 29.1 Å². The zero-order valence-corrected chi connectivity index (χ0v) is 14.5. The first-order chi connectivity index (χ1) is 12.7. The van der Waals surface area contributed by atoms with Crippen LogP contribution in [0, 0.1) is 0 Å². The number of benzene rings is 1. The summed E-state index contributed by atoms with van der Waals surface area (Å²) in [6.45, 7) is 1.12. The molecule has 1 atom stereocenters. The molecule has 26 heavy (non-hydrogen) atoms. The molecule has 2 N–H and O–H groups in total. The van der Waals surface area contributed by atoms with Crippen molar-refractivity contribution in [1.82, 2.24) is 15.5 Å². The summed E-state index contributed by atoms with van der Waals surface area (Å²) >= 11 is 1.61. The van der Waals surface area contributed by atoms with E-state index in [4.69, 9.17) is 9.47 Å². The third-order valence-corrected chi connectivity index (χ3v) is 5.54. The minimum atomic E-state index is -0.505. The summed E-state index contributed by atoms with van der Waals surface area (Å²) in [5, 5.41) is 7.63. The zero-order chi connectivity index (χ0) is 17.7.